The van der Waals surface area contributed by atoms with Crippen LogP contribution in [0.25, 0.3) is 0 Å². The molecular weight excluding hydrogens is 291 g/mol. The summed E-state index contributed by atoms with van der Waals surface area (Å²) in [6.45, 7) is -0.398. The Bertz CT molecular complexity index is 436. The molecule has 1 aliphatic heterocycles. The molecule has 1 rings (SSSR count). The second-order valence-corrected chi connectivity index (χ2v) is 6.39. The third-order valence-corrected chi connectivity index (χ3v) is 4.66. The van der Waals surface area contributed by atoms with E-state index in [1.54, 1.807) is 0 Å². The van der Waals surface area contributed by atoms with Crippen LogP contribution in [-0.2, 0) is 14.8 Å². The van der Waals surface area contributed by atoms with Crippen molar-refractivity contribution in [2.45, 2.75) is 37.6 Å². The van der Waals surface area contributed by atoms with Gasteiger partial charge in [-0.05, 0) is 6.42 Å². The molecule has 0 unspecified atom stereocenters. The SMILES string of the molecule is O=C(O)[C@@H]1C[C@H](O)CN1S(=O)(=O)CCCC(F)(F)F. The number of nitrogens with zero attached hydrogens (tertiary/aromatic N) is 1. The van der Waals surface area contributed by atoms with Crippen molar-refractivity contribution in [2.75, 3.05) is 12.3 Å². The molecule has 1 aliphatic rings. The molecular formula is C9H14F3NO5S. The van der Waals surface area contributed by atoms with Gasteiger partial charge in [0.05, 0.1) is 11.9 Å². The number of hydrogen-bond donors (Lipinski definition) is 2. The summed E-state index contributed by atoms with van der Waals surface area (Å²) < 4.78 is 59.9. The minimum absolute atomic E-state index is 0.256. The van der Waals surface area contributed by atoms with Gasteiger partial charge in [-0.25, -0.2) is 8.42 Å². The van der Waals surface area contributed by atoms with Gasteiger partial charge in [0, 0.05) is 19.4 Å². The predicted molar refractivity (Wildman–Crippen MR) is 57.8 cm³/mol. The summed E-state index contributed by atoms with van der Waals surface area (Å²) in [6.07, 6.45) is -7.70. The molecule has 0 aromatic heterocycles. The van der Waals surface area contributed by atoms with E-state index in [9.17, 15) is 31.5 Å². The standard InChI is InChI=1S/C9H14F3NO5S/c10-9(11,12)2-1-3-19(17,18)13-5-6(14)4-7(13)8(15)16/h6-7,14H,1-5H2,(H,15,16)/t6-,7-/m0/s1. The first-order valence-electron chi connectivity index (χ1n) is 5.50. The Labute approximate surface area is 107 Å². The molecule has 2 atom stereocenters. The van der Waals surface area contributed by atoms with Crippen molar-refractivity contribution in [1.82, 2.24) is 4.31 Å². The molecule has 0 bridgehead atoms. The minimum Gasteiger partial charge on any atom is -0.480 e. The lowest BCUT2D eigenvalue weighted by Gasteiger charge is -2.20. The van der Waals surface area contributed by atoms with Crippen molar-refractivity contribution < 1.29 is 36.6 Å². The van der Waals surface area contributed by atoms with Crippen LogP contribution in [0, 0.1) is 0 Å². The third kappa shape index (κ3) is 4.62. The van der Waals surface area contributed by atoms with E-state index in [1.807, 2.05) is 0 Å². The lowest BCUT2D eigenvalue weighted by Crippen LogP contribution is -2.41. The van der Waals surface area contributed by atoms with Gasteiger partial charge in [-0.1, -0.05) is 0 Å². The number of carboxylic acid groups (broad SMARTS) is 1. The van der Waals surface area contributed by atoms with Crippen LogP contribution in [0.4, 0.5) is 13.2 Å². The number of carbonyl (C=O) groups is 1. The Morgan fingerprint density at radius 3 is 2.42 bits per heavy atom. The topological polar surface area (TPSA) is 94.9 Å². The summed E-state index contributed by atoms with van der Waals surface area (Å²) in [4.78, 5) is 10.8. The quantitative estimate of drug-likeness (QED) is 0.755. The Hall–Kier alpha value is -0.870. The van der Waals surface area contributed by atoms with Crippen molar-refractivity contribution in [3.05, 3.63) is 0 Å². The fraction of sp³-hybridized carbons (Fsp3) is 0.889. The molecule has 1 fully saturated rings. The number of aliphatic carboxylic acids is 1. The minimum atomic E-state index is -4.45. The van der Waals surface area contributed by atoms with Gasteiger partial charge in [0.25, 0.3) is 0 Å². The fourth-order valence-corrected chi connectivity index (χ4v) is 3.60. The zero-order valence-electron chi connectivity index (χ0n) is 9.80. The number of β-amino-alcohol motifs (C(OH)–C–C–N with tert-alkyl or cyclic N) is 1. The van der Waals surface area contributed by atoms with Crippen LogP contribution in [0.3, 0.4) is 0 Å². The second kappa shape index (κ2) is 5.63. The van der Waals surface area contributed by atoms with Crippen LogP contribution in [0.5, 0.6) is 0 Å². The summed E-state index contributed by atoms with van der Waals surface area (Å²) in [7, 11) is -4.12. The molecule has 0 aromatic carbocycles. The van der Waals surface area contributed by atoms with Crippen LogP contribution in [0.1, 0.15) is 19.3 Å². The number of carboxylic acids is 1. The van der Waals surface area contributed by atoms with Crippen LogP contribution >= 0.6 is 0 Å². The van der Waals surface area contributed by atoms with Crippen LogP contribution in [-0.4, -0.2) is 59.5 Å². The van der Waals surface area contributed by atoms with Gasteiger partial charge >= 0.3 is 12.1 Å². The van der Waals surface area contributed by atoms with Crippen LogP contribution < -0.4 is 0 Å². The molecule has 0 saturated carbocycles. The van der Waals surface area contributed by atoms with Crippen molar-refractivity contribution in [2.24, 2.45) is 0 Å². The summed E-state index contributed by atoms with van der Waals surface area (Å²) in [5.41, 5.74) is 0. The van der Waals surface area contributed by atoms with Gasteiger partial charge in [0.2, 0.25) is 10.0 Å². The summed E-state index contributed by atoms with van der Waals surface area (Å²) in [6, 6.07) is -1.41. The van der Waals surface area contributed by atoms with E-state index in [1.165, 1.54) is 0 Å². The molecule has 1 saturated heterocycles. The summed E-state index contributed by atoms with van der Waals surface area (Å²) >= 11 is 0. The molecule has 1 heterocycles. The Morgan fingerprint density at radius 2 is 1.95 bits per heavy atom. The Kier molecular flexibility index (Phi) is 4.80. The van der Waals surface area contributed by atoms with Gasteiger partial charge in [-0.2, -0.15) is 17.5 Å². The van der Waals surface area contributed by atoms with Crippen LogP contribution in [0.2, 0.25) is 0 Å². The lowest BCUT2D eigenvalue weighted by molar-refractivity contribution is -0.141. The number of sulfonamides is 1. The summed E-state index contributed by atoms with van der Waals surface area (Å²) in [5, 5.41) is 18.1. The van der Waals surface area contributed by atoms with Crippen molar-refractivity contribution in [1.29, 1.82) is 0 Å². The van der Waals surface area contributed by atoms with E-state index in [-0.39, 0.29) is 6.42 Å². The molecule has 0 spiro atoms. The van der Waals surface area contributed by atoms with Crippen LogP contribution in [0.15, 0.2) is 0 Å². The van der Waals surface area contributed by atoms with E-state index in [0.29, 0.717) is 4.31 Å². The van der Waals surface area contributed by atoms with Crippen molar-refractivity contribution >= 4 is 16.0 Å². The molecule has 0 aliphatic carbocycles. The number of aliphatic hydroxyl groups excluding tert-OH is 1. The van der Waals surface area contributed by atoms with Gasteiger partial charge in [-0.3, -0.25) is 4.79 Å². The van der Waals surface area contributed by atoms with Crippen molar-refractivity contribution in [3.63, 3.8) is 0 Å². The zero-order chi connectivity index (χ0) is 14.8. The zero-order valence-corrected chi connectivity index (χ0v) is 10.6. The average Bonchev–Trinajstić information content (AvgIpc) is 2.58. The van der Waals surface area contributed by atoms with Gasteiger partial charge < -0.3 is 10.2 Å². The van der Waals surface area contributed by atoms with E-state index in [0.717, 1.165) is 0 Å². The lowest BCUT2D eigenvalue weighted by atomic mass is 10.2. The highest BCUT2D eigenvalue weighted by molar-refractivity contribution is 7.89. The fourth-order valence-electron chi connectivity index (χ4n) is 1.89. The number of alkyl halides is 3. The maximum absolute atomic E-state index is 11.9. The first kappa shape index (κ1) is 16.2. The molecule has 10 heteroatoms. The highest BCUT2D eigenvalue weighted by atomic mass is 32.2. The number of hydrogen-bond acceptors (Lipinski definition) is 4. The molecule has 2 N–H and O–H groups in total. The third-order valence-electron chi connectivity index (χ3n) is 2.74. The normalized spacial score (nSPS) is 25.7. The molecule has 112 valence electrons. The average molecular weight is 305 g/mol. The maximum Gasteiger partial charge on any atom is 0.389 e. The predicted octanol–water partition coefficient (Wildman–Crippen LogP) is 0.179. The molecule has 0 amide bonds. The number of rotatable bonds is 5. The van der Waals surface area contributed by atoms with E-state index >= 15 is 0 Å². The monoisotopic (exact) mass is 305 g/mol. The largest absolute Gasteiger partial charge is 0.480 e. The first-order valence-corrected chi connectivity index (χ1v) is 7.11. The number of halogens is 3. The van der Waals surface area contributed by atoms with Crippen molar-refractivity contribution in [3.8, 4) is 0 Å². The molecule has 0 aromatic rings. The molecule has 19 heavy (non-hydrogen) atoms. The van der Waals surface area contributed by atoms with Gasteiger partial charge in [-0.15, -0.1) is 0 Å². The highest BCUT2D eigenvalue weighted by Crippen LogP contribution is 2.25. The summed E-state index contributed by atoms with van der Waals surface area (Å²) in [5.74, 6) is -2.21. The molecule has 6 nitrogen and oxygen atoms in total. The highest BCUT2D eigenvalue weighted by Gasteiger charge is 2.42. The Morgan fingerprint density at radius 1 is 1.37 bits per heavy atom. The number of aliphatic hydroxyl groups is 1. The first-order chi connectivity index (χ1) is 8.53. The van der Waals surface area contributed by atoms with Gasteiger partial charge in [0.15, 0.2) is 0 Å². The van der Waals surface area contributed by atoms with E-state index < -0.39 is 59.5 Å². The van der Waals surface area contributed by atoms with Gasteiger partial charge in [0.1, 0.15) is 6.04 Å². The second-order valence-electron chi connectivity index (χ2n) is 4.35. The van der Waals surface area contributed by atoms with E-state index in [2.05, 4.69) is 0 Å². The maximum atomic E-state index is 11.9. The van der Waals surface area contributed by atoms with E-state index in [4.69, 9.17) is 5.11 Å². The Balaban J connectivity index is 2.68. The molecule has 0 radical (unpaired) electrons. The smallest absolute Gasteiger partial charge is 0.389 e.